The third kappa shape index (κ3) is 4.39. The monoisotopic (exact) mass is 396 g/mol. The highest BCUT2D eigenvalue weighted by Gasteiger charge is 2.18. The maximum atomic E-state index is 12.4. The highest BCUT2D eigenvalue weighted by Crippen LogP contribution is 2.33. The van der Waals surface area contributed by atoms with Gasteiger partial charge in [0.2, 0.25) is 0 Å². The van der Waals surface area contributed by atoms with Gasteiger partial charge in [0, 0.05) is 11.3 Å². The van der Waals surface area contributed by atoms with Gasteiger partial charge in [-0.2, -0.15) is 8.42 Å². The van der Waals surface area contributed by atoms with Crippen molar-refractivity contribution >= 4 is 27.5 Å². The lowest BCUT2D eigenvalue weighted by atomic mass is 9.99. The molecule has 0 unspecified atom stereocenters. The molecule has 0 saturated carbocycles. The molecule has 144 valence electrons. The van der Waals surface area contributed by atoms with Crippen LogP contribution in [-0.4, -0.2) is 19.0 Å². The molecular formula is C21H20N2O4S. The van der Waals surface area contributed by atoms with E-state index in [1.807, 2.05) is 19.1 Å². The Hall–Kier alpha value is -3.16. The van der Waals surface area contributed by atoms with E-state index in [0.29, 0.717) is 28.1 Å². The second kappa shape index (κ2) is 7.84. The molecule has 0 fully saturated rings. The van der Waals surface area contributed by atoms with Crippen LogP contribution in [0.3, 0.4) is 0 Å². The zero-order chi connectivity index (χ0) is 20.3. The normalized spacial score (nSPS) is 11.1. The van der Waals surface area contributed by atoms with Gasteiger partial charge in [0.25, 0.3) is 10.1 Å². The Bertz CT molecular complexity index is 1120. The van der Waals surface area contributed by atoms with Crippen molar-refractivity contribution in [2.45, 2.75) is 18.7 Å². The lowest BCUT2D eigenvalue weighted by Crippen LogP contribution is -2.19. The molecule has 3 rings (SSSR count). The molecule has 6 nitrogen and oxygen atoms in total. The second-order valence-corrected chi connectivity index (χ2v) is 7.78. The van der Waals surface area contributed by atoms with Crippen LogP contribution in [0.15, 0.2) is 71.6 Å². The van der Waals surface area contributed by atoms with E-state index in [9.17, 15) is 17.8 Å². The van der Waals surface area contributed by atoms with Crippen LogP contribution in [0.4, 0.5) is 16.2 Å². The Morgan fingerprint density at radius 2 is 1.46 bits per heavy atom. The van der Waals surface area contributed by atoms with Crippen molar-refractivity contribution in [3.8, 4) is 11.1 Å². The minimum Gasteiger partial charge on any atom is -0.308 e. The average molecular weight is 396 g/mol. The van der Waals surface area contributed by atoms with Gasteiger partial charge in [0.1, 0.15) is 0 Å². The lowest BCUT2D eigenvalue weighted by molar-refractivity contribution is 0.262. The van der Waals surface area contributed by atoms with E-state index in [1.54, 1.807) is 55.5 Å². The summed E-state index contributed by atoms with van der Waals surface area (Å²) in [5.41, 5.74) is 3.91. The minimum absolute atomic E-state index is 0.163. The predicted molar refractivity (Wildman–Crippen MR) is 110 cm³/mol. The van der Waals surface area contributed by atoms with Crippen LogP contribution < -0.4 is 10.6 Å². The molecule has 0 saturated heterocycles. The number of aryl methyl sites for hydroxylation is 1. The predicted octanol–water partition coefficient (Wildman–Crippen LogP) is 4.86. The lowest BCUT2D eigenvalue weighted by Gasteiger charge is -2.15. The van der Waals surface area contributed by atoms with Gasteiger partial charge in [0.05, 0.1) is 10.6 Å². The Morgan fingerprint density at radius 3 is 2.14 bits per heavy atom. The van der Waals surface area contributed by atoms with Crippen LogP contribution in [0.2, 0.25) is 0 Å². The van der Waals surface area contributed by atoms with Crippen molar-refractivity contribution in [3.63, 3.8) is 0 Å². The third-order valence-electron chi connectivity index (χ3n) is 4.34. The Balaban J connectivity index is 1.92. The first-order valence-electron chi connectivity index (χ1n) is 8.57. The number of para-hydroxylation sites is 1. The largest absolute Gasteiger partial charge is 0.323 e. The topological polar surface area (TPSA) is 95.5 Å². The summed E-state index contributed by atoms with van der Waals surface area (Å²) in [6.07, 6.45) is 0. The maximum Gasteiger partial charge on any atom is 0.323 e. The van der Waals surface area contributed by atoms with Crippen molar-refractivity contribution < 1.29 is 17.8 Å². The molecule has 0 atom stereocenters. The van der Waals surface area contributed by atoms with Crippen LogP contribution in [0, 0.1) is 13.8 Å². The minimum atomic E-state index is -4.34. The van der Waals surface area contributed by atoms with Crippen molar-refractivity contribution in [1.29, 1.82) is 0 Å². The second-order valence-electron chi connectivity index (χ2n) is 6.39. The van der Waals surface area contributed by atoms with E-state index < -0.39 is 16.1 Å². The number of carbonyl (C=O) groups is 1. The number of hydrogen-bond acceptors (Lipinski definition) is 3. The van der Waals surface area contributed by atoms with Crippen LogP contribution in [0.1, 0.15) is 11.1 Å². The van der Waals surface area contributed by atoms with E-state index in [1.165, 1.54) is 6.07 Å². The van der Waals surface area contributed by atoms with Gasteiger partial charge in [-0.1, -0.05) is 48.0 Å². The molecule has 3 aromatic rings. The molecule has 0 spiro atoms. The highest BCUT2D eigenvalue weighted by molar-refractivity contribution is 7.85. The number of urea groups is 1. The van der Waals surface area contributed by atoms with Gasteiger partial charge in [0.15, 0.2) is 0 Å². The zero-order valence-electron chi connectivity index (χ0n) is 15.4. The first-order valence-corrected chi connectivity index (χ1v) is 10.0. The number of hydrogen-bond donors (Lipinski definition) is 3. The summed E-state index contributed by atoms with van der Waals surface area (Å²) >= 11 is 0. The molecule has 0 radical (unpaired) electrons. The molecule has 0 bridgehead atoms. The molecular weight excluding hydrogens is 376 g/mol. The van der Waals surface area contributed by atoms with Crippen molar-refractivity contribution in [2.75, 3.05) is 10.6 Å². The number of nitrogens with one attached hydrogen (secondary N) is 2. The van der Waals surface area contributed by atoms with Gasteiger partial charge in [-0.25, -0.2) is 4.79 Å². The first-order chi connectivity index (χ1) is 13.3. The van der Waals surface area contributed by atoms with Crippen LogP contribution in [0.25, 0.3) is 11.1 Å². The van der Waals surface area contributed by atoms with Crippen molar-refractivity contribution in [2.24, 2.45) is 0 Å². The average Bonchev–Trinajstić information content (AvgIpc) is 2.63. The number of rotatable bonds is 4. The van der Waals surface area contributed by atoms with Crippen molar-refractivity contribution in [3.05, 3.63) is 77.9 Å². The quantitative estimate of drug-likeness (QED) is 0.549. The van der Waals surface area contributed by atoms with Crippen LogP contribution in [0.5, 0.6) is 0 Å². The molecule has 0 aliphatic rings. The standard InChI is InChI=1S/C21H20N2O4S/c1-14-10-12-16(13-11-14)22-21(24)23-19-8-4-3-6-18(19)17-7-5-9-20(15(17)2)28(25,26)27/h3-13H,1-2H3,(H2,22,23,24)(H,25,26,27). The molecule has 0 aliphatic carbocycles. The molecule has 3 aromatic carbocycles. The number of anilines is 2. The Morgan fingerprint density at radius 1 is 0.821 bits per heavy atom. The molecule has 7 heteroatoms. The fourth-order valence-corrected chi connectivity index (χ4v) is 3.68. The highest BCUT2D eigenvalue weighted by atomic mass is 32.2. The number of amides is 2. The SMILES string of the molecule is Cc1ccc(NC(=O)Nc2ccccc2-c2cccc(S(=O)(=O)O)c2C)cc1. The fourth-order valence-electron chi connectivity index (χ4n) is 2.93. The van der Waals surface area contributed by atoms with Gasteiger partial charge >= 0.3 is 6.03 Å². The summed E-state index contributed by atoms with van der Waals surface area (Å²) in [6, 6.07) is 18.7. The molecule has 0 heterocycles. The smallest absolute Gasteiger partial charge is 0.308 e. The van der Waals surface area contributed by atoms with Gasteiger partial charge in [-0.15, -0.1) is 0 Å². The molecule has 2 amide bonds. The maximum absolute atomic E-state index is 12.4. The summed E-state index contributed by atoms with van der Waals surface area (Å²) in [7, 11) is -4.34. The van der Waals surface area contributed by atoms with Crippen LogP contribution >= 0.6 is 0 Å². The summed E-state index contributed by atoms with van der Waals surface area (Å²) < 4.78 is 32.6. The van der Waals surface area contributed by atoms with Crippen LogP contribution in [-0.2, 0) is 10.1 Å². The fraction of sp³-hybridized carbons (Fsp3) is 0.0952. The van der Waals surface area contributed by atoms with Gasteiger partial charge in [-0.3, -0.25) is 4.55 Å². The Kier molecular flexibility index (Phi) is 5.48. The van der Waals surface area contributed by atoms with Gasteiger partial charge in [-0.05, 0) is 49.2 Å². The van der Waals surface area contributed by atoms with E-state index in [-0.39, 0.29) is 4.90 Å². The summed E-state index contributed by atoms with van der Waals surface area (Å²) in [6.45, 7) is 3.57. The van der Waals surface area contributed by atoms with Crippen molar-refractivity contribution in [1.82, 2.24) is 0 Å². The van der Waals surface area contributed by atoms with E-state index in [2.05, 4.69) is 10.6 Å². The first kappa shape index (κ1) is 19.6. The number of carbonyl (C=O) groups excluding carboxylic acids is 1. The molecule has 28 heavy (non-hydrogen) atoms. The molecule has 3 N–H and O–H groups in total. The summed E-state index contributed by atoms with van der Waals surface area (Å²) in [5, 5.41) is 5.56. The number of benzene rings is 3. The molecule has 0 aliphatic heterocycles. The van der Waals surface area contributed by atoms with Gasteiger partial charge < -0.3 is 10.6 Å². The van der Waals surface area contributed by atoms with E-state index in [0.717, 1.165) is 5.56 Å². The van der Waals surface area contributed by atoms with E-state index >= 15 is 0 Å². The Labute approximate surface area is 164 Å². The molecule has 0 aromatic heterocycles. The zero-order valence-corrected chi connectivity index (χ0v) is 16.2. The third-order valence-corrected chi connectivity index (χ3v) is 5.33. The summed E-state index contributed by atoms with van der Waals surface area (Å²) in [4.78, 5) is 12.2. The summed E-state index contributed by atoms with van der Waals surface area (Å²) in [5.74, 6) is 0. The van der Waals surface area contributed by atoms with E-state index in [4.69, 9.17) is 0 Å².